The summed E-state index contributed by atoms with van der Waals surface area (Å²) in [5.74, 6) is 2.18. The maximum Gasteiger partial charge on any atom is 0.227 e. The highest BCUT2D eigenvalue weighted by atomic mass is 32.2. The summed E-state index contributed by atoms with van der Waals surface area (Å²) in [7, 11) is -2.98. The maximum atomic E-state index is 12.1. The molecule has 1 aliphatic rings. The van der Waals surface area contributed by atoms with Crippen LogP contribution in [0.25, 0.3) is 0 Å². The Bertz CT molecular complexity index is 710. The van der Waals surface area contributed by atoms with Crippen LogP contribution in [0.4, 0.5) is 5.69 Å². The quantitative estimate of drug-likeness (QED) is 0.769. The smallest absolute Gasteiger partial charge is 0.227 e. The monoisotopic (exact) mass is 335 g/mol. The van der Waals surface area contributed by atoms with Crippen molar-refractivity contribution >= 4 is 21.4 Å². The number of amides is 1. The predicted molar refractivity (Wildman–Crippen MR) is 89.6 cm³/mol. The van der Waals surface area contributed by atoms with Gasteiger partial charge < -0.3 is 10.4 Å². The maximum absolute atomic E-state index is 12.1. The molecule has 0 bridgehead atoms. The number of nitrogens with one attached hydrogen (secondary N) is 1. The molecule has 0 saturated heterocycles. The Labute approximate surface area is 137 Å². The van der Waals surface area contributed by atoms with Crippen molar-refractivity contribution in [1.29, 1.82) is 0 Å². The van der Waals surface area contributed by atoms with Crippen LogP contribution in [0.5, 0.6) is 0 Å². The van der Waals surface area contributed by atoms with Crippen LogP contribution in [0.1, 0.15) is 24.8 Å². The molecule has 1 aromatic carbocycles. The van der Waals surface area contributed by atoms with Crippen LogP contribution >= 0.6 is 0 Å². The number of hydrogen-bond acceptors (Lipinski definition) is 4. The molecule has 2 N–H and O–H groups in total. The number of anilines is 1. The molecule has 23 heavy (non-hydrogen) atoms. The zero-order valence-corrected chi connectivity index (χ0v) is 13.9. The van der Waals surface area contributed by atoms with Gasteiger partial charge in [0.05, 0.1) is 11.4 Å². The molecular formula is C17H21NO4S. The van der Waals surface area contributed by atoms with Crippen molar-refractivity contribution in [3.05, 3.63) is 29.8 Å². The molecule has 0 aliphatic heterocycles. The molecule has 124 valence electrons. The van der Waals surface area contributed by atoms with Gasteiger partial charge in [0.1, 0.15) is 9.84 Å². The lowest BCUT2D eigenvalue weighted by atomic mass is 9.69. The minimum absolute atomic E-state index is 0.106. The van der Waals surface area contributed by atoms with Crippen molar-refractivity contribution in [2.45, 2.75) is 31.3 Å². The third kappa shape index (κ3) is 5.08. The van der Waals surface area contributed by atoms with Crippen LogP contribution in [0.3, 0.4) is 0 Å². The number of hydrogen-bond donors (Lipinski definition) is 2. The first-order valence-corrected chi connectivity index (χ1v) is 9.50. The standard InChI is InChI=1S/C17H21NO4S/c1-3-9-17(20)11-14(12-17)16(19)18-15-6-4-13(5-7-15)8-10-23(2,21)22/h1,4-7,14,20H,8-12H2,2H3,(H,18,19). The molecule has 0 heterocycles. The van der Waals surface area contributed by atoms with Gasteiger partial charge in [0.2, 0.25) is 5.91 Å². The highest BCUT2D eigenvalue weighted by molar-refractivity contribution is 7.90. The summed E-state index contributed by atoms with van der Waals surface area (Å²) < 4.78 is 22.3. The molecule has 2 rings (SSSR count). The van der Waals surface area contributed by atoms with Gasteiger partial charge in [0, 0.05) is 24.3 Å². The van der Waals surface area contributed by atoms with E-state index in [2.05, 4.69) is 11.2 Å². The van der Waals surface area contributed by atoms with E-state index in [0.717, 1.165) is 5.56 Å². The Kier molecular flexibility index (Phi) is 5.12. The van der Waals surface area contributed by atoms with Crippen molar-refractivity contribution in [2.75, 3.05) is 17.3 Å². The number of aryl methyl sites for hydroxylation is 1. The lowest BCUT2D eigenvalue weighted by Gasteiger charge is -2.41. The number of sulfone groups is 1. The Balaban J connectivity index is 1.85. The van der Waals surface area contributed by atoms with Gasteiger partial charge in [-0.1, -0.05) is 12.1 Å². The van der Waals surface area contributed by atoms with Gasteiger partial charge in [0.25, 0.3) is 0 Å². The number of benzene rings is 1. The average Bonchev–Trinajstić information content (AvgIpc) is 2.43. The first-order chi connectivity index (χ1) is 10.7. The van der Waals surface area contributed by atoms with Gasteiger partial charge in [0.15, 0.2) is 0 Å². The van der Waals surface area contributed by atoms with Gasteiger partial charge in [-0.3, -0.25) is 4.79 Å². The SMILES string of the molecule is C#CCC1(O)CC(C(=O)Nc2ccc(CCS(C)(=O)=O)cc2)C1. The van der Waals surface area contributed by atoms with E-state index in [1.807, 2.05) is 0 Å². The molecule has 1 saturated carbocycles. The van der Waals surface area contributed by atoms with Crippen LogP contribution in [-0.2, 0) is 21.1 Å². The third-order valence-corrected chi connectivity index (χ3v) is 4.98. The molecule has 0 radical (unpaired) electrons. The summed E-state index contributed by atoms with van der Waals surface area (Å²) in [5, 5.41) is 12.8. The molecule has 1 aliphatic carbocycles. The Hall–Kier alpha value is -1.84. The Morgan fingerprint density at radius 2 is 2.00 bits per heavy atom. The molecule has 0 spiro atoms. The zero-order chi connectivity index (χ0) is 17.1. The summed E-state index contributed by atoms with van der Waals surface area (Å²) in [5.41, 5.74) is 0.665. The lowest BCUT2D eigenvalue weighted by molar-refractivity contribution is -0.135. The van der Waals surface area contributed by atoms with Crippen molar-refractivity contribution in [3.63, 3.8) is 0 Å². The molecule has 1 amide bonds. The van der Waals surface area contributed by atoms with E-state index in [9.17, 15) is 18.3 Å². The van der Waals surface area contributed by atoms with Crippen molar-refractivity contribution in [2.24, 2.45) is 5.92 Å². The van der Waals surface area contributed by atoms with Gasteiger partial charge in [-0.25, -0.2) is 8.42 Å². The number of carbonyl (C=O) groups is 1. The number of carbonyl (C=O) groups excluding carboxylic acids is 1. The third-order valence-electron chi connectivity index (χ3n) is 4.04. The highest BCUT2D eigenvalue weighted by Crippen LogP contribution is 2.40. The number of terminal acetylenes is 1. The second-order valence-corrected chi connectivity index (χ2v) is 8.54. The van der Waals surface area contributed by atoms with Crippen LogP contribution in [0.15, 0.2) is 24.3 Å². The van der Waals surface area contributed by atoms with Gasteiger partial charge in [-0.15, -0.1) is 12.3 Å². The summed E-state index contributed by atoms with van der Waals surface area (Å²) >= 11 is 0. The van der Waals surface area contributed by atoms with Gasteiger partial charge in [-0.05, 0) is 37.0 Å². The fourth-order valence-electron chi connectivity index (χ4n) is 2.68. The predicted octanol–water partition coefficient (Wildman–Crippen LogP) is 1.38. The second-order valence-electron chi connectivity index (χ2n) is 6.28. The molecule has 1 fully saturated rings. The lowest BCUT2D eigenvalue weighted by Crippen LogP contribution is -2.48. The van der Waals surface area contributed by atoms with E-state index in [0.29, 0.717) is 24.9 Å². The summed E-state index contributed by atoms with van der Waals surface area (Å²) in [4.78, 5) is 12.1. The fourth-order valence-corrected chi connectivity index (χ4v) is 3.29. The van der Waals surface area contributed by atoms with Crippen LogP contribution in [0, 0.1) is 18.3 Å². The van der Waals surface area contributed by atoms with Crippen LogP contribution in [0.2, 0.25) is 0 Å². The fraction of sp³-hybridized carbons (Fsp3) is 0.471. The molecular weight excluding hydrogens is 314 g/mol. The number of rotatable bonds is 6. The first-order valence-electron chi connectivity index (χ1n) is 7.44. The Morgan fingerprint density at radius 1 is 1.39 bits per heavy atom. The molecule has 6 heteroatoms. The van der Waals surface area contributed by atoms with E-state index < -0.39 is 15.4 Å². The molecule has 1 aromatic rings. The molecule has 5 nitrogen and oxygen atoms in total. The van der Waals surface area contributed by atoms with Crippen molar-refractivity contribution in [1.82, 2.24) is 0 Å². The van der Waals surface area contributed by atoms with E-state index in [4.69, 9.17) is 6.42 Å². The minimum atomic E-state index is -2.98. The molecule has 0 unspecified atom stereocenters. The Morgan fingerprint density at radius 3 is 2.52 bits per heavy atom. The van der Waals surface area contributed by atoms with E-state index in [-0.39, 0.29) is 24.0 Å². The van der Waals surface area contributed by atoms with Crippen LogP contribution < -0.4 is 5.32 Å². The second kappa shape index (κ2) is 6.73. The summed E-state index contributed by atoms with van der Waals surface area (Å²) in [6.45, 7) is 0. The van der Waals surface area contributed by atoms with E-state index in [1.165, 1.54) is 6.26 Å². The molecule has 0 aromatic heterocycles. The van der Waals surface area contributed by atoms with Crippen molar-refractivity contribution in [3.8, 4) is 12.3 Å². The summed E-state index contributed by atoms with van der Waals surface area (Å²) in [6, 6.07) is 7.11. The van der Waals surface area contributed by atoms with Crippen molar-refractivity contribution < 1.29 is 18.3 Å². The van der Waals surface area contributed by atoms with Gasteiger partial charge in [-0.2, -0.15) is 0 Å². The topological polar surface area (TPSA) is 83.5 Å². The van der Waals surface area contributed by atoms with Gasteiger partial charge >= 0.3 is 0 Å². The average molecular weight is 335 g/mol. The highest BCUT2D eigenvalue weighted by Gasteiger charge is 2.45. The number of aliphatic hydroxyl groups is 1. The van der Waals surface area contributed by atoms with Crippen LogP contribution in [-0.4, -0.2) is 37.0 Å². The molecule has 0 atom stereocenters. The minimum Gasteiger partial charge on any atom is -0.389 e. The van der Waals surface area contributed by atoms with E-state index >= 15 is 0 Å². The normalized spacial score (nSPS) is 23.6. The summed E-state index contributed by atoms with van der Waals surface area (Å²) in [6.07, 6.45) is 7.89. The van der Waals surface area contributed by atoms with E-state index in [1.54, 1.807) is 24.3 Å². The zero-order valence-electron chi connectivity index (χ0n) is 13.1. The largest absolute Gasteiger partial charge is 0.389 e. The first kappa shape index (κ1) is 17.5.